The number of rotatable bonds is 3. The second kappa shape index (κ2) is 6.07. The van der Waals surface area contributed by atoms with E-state index in [4.69, 9.17) is 0 Å². The second-order valence-corrected chi connectivity index (χ2v) is 4.64. The first kappa shape index (κ1) is 15.6. The van der Waals surface area contributed by atoms with E-state index in [9.17, 15) is 18.0 Å². The van der Waals surface area contributed by atoms with Gasteiger partial charge in [-0.3, -0.25) is 9.78 Å². The van der Waals surface area contributed by atoms with Gasteiger partial charge in [0.2, 0.25) is 0 Å². The van der Waals surface area contributed by atoms with Crippen molar-refractivity contribution in [3.63, 3.8) is 0 Å². The van der Waals surface area contributed by atoms with Crippen molar-refractivity contribution >= 4 is 11.6 Å². The topological polar surface area (TPSA) is 85.6 Å². The van der Waals surface area contributed by atoms with Crippen molar-refractivity contribution in [3.8, 4) is 5.69 Å². The molecule has 1 N–H and O–H groups in total. The van der Waals surface area contributed by atoms with E-state index in [-0.39, 0.29) is 11.5 Å². The van der Waals surface area contributed by atoms with Crippen LogP contribution in [-0.4, -0.2) is 31.1 Å². The number of tetrazole rings is 1. The molecule has 122 valence electrons. The SMILES string of the molecule is O=C(Nc1ccncc1)c1nnn(-c2ccc(C(F)(F)F)cc2)n1. The predicted molar refractivity (Wildman–Crippen MR) is 76.3 cm³/mol. The molecule has 0 bridgehead atoms. The number of nitrogens with zero attached hydrogens (tertiary/aromatic N) is 5. The van der Waals surface area contributed by atoms with Gasteiger partial charge >= 0.3 is 6.18 Å². The van der Waals surface area contributed by atoms with E-state index in [1.807, 2.05) is 0 Å². The minimum Gasteiger partial charge on any atom is -0.319 e. The largest absolute Gasteiger partial charge is 0.416 e. The Morgan fingerprint density at radius 3 is 2.33 bits per heavy atom. The maximum absolute atomic E-state index is 12.5. The highest BCUT2D eigenvalue weighted by Crippen LogP contribution is 2.29. The zero-order valence-electron chi connectivity index (χ0n) is 11.9. The van der Waals surface area contributed by atoms with Crippen molar-refractivity contribution in [3.05, 3.63) is 60.2 Å². The molecule has 0 atom stereocenters. The summed E-state index contributed by atoms with van der Waals surface area (Å²) in [4.78, 5) is 16.8. The van der Waals surface area contributed by atoms with E-state index in [2.05, 4.69) is 25.7 Å². The van der Waals surface area contributed by atoms with Crippen LogP contribution in [0.15, 0.2) is 48.8 Å². The molecule has 1 aromatic carbocycles. The fourth-order valence-corrected chi connectivity index (χ4v) is 1.82. The lowest BCUT2D eigenvalue weighted by molar-refractivity contribution is -0.137. The fraction of sp³-hybridized carbons (Fsp3) is 0.0714. The van der Waals surface area contributed by atoms with Gasteiger partial charge in [-0.15, -0.1) is 15.0 Å². The number of benzene rings is 1. The van der Waals surface area contributed by atoms with Crippen LogP contribution in [0.5, 0.6) is 0 Å². The monoisotopic (exact) mass is 334 g/mol. The molecule has 2 heterocycles. The van der Waals surface area contributed by atoms with Gasteiger partial charge in [0.15, 0.2) is 0 Å². The number of carbonyl (C=O) groups is 1. The smallest absolute Gasteiger partial charge is 0.319 e. The molecule has 24 heavy (non-hydrogen) atoms. The third-order valence-corrected chi connectivity index (χ3v) is 2.98. The van der Waals surface area contributed by atoms with E-state index in [1.165, 1.54) is 24.5 Å². The second-order valence-electron chi connectivity index (χ2n) is 4.64. The summed E-state index contributed by atoms with van der Waals surface area (Å²) in [7, 11) is 0. The highest BCUT2D eigenvalue weighted by Gasteiger charge is 2.30. The minimum absolute atomic E-state index is 0.216. The van der Waals surface area contributed by atoms with Gasteiger partial charge in [0.1, 0.15) is 0 Å². The van der Waals surface area contributed by atoms with E-state index < -0.39 is 17.6 Å². The van der Waals surface area contributed by atoms with E-state index in [0.717, 1.165) is 16.9 Å². The third kappa shape index (κ3) is 3.37. The van der Waals surface area contributed by atoms with Crippen molar-refractivity contribution in [2.24, 2.45) is 0 Å². The Bertz CT molecular complexity index is 845. The summed E-state index contributed by atoms with van der Waals surface area (Å²) < 4.78 is 37.6. The van der Waals surface area contributed by atoms with Crippen molar-refractivity contribution in [1.82, 2.24) is 25.2 Å². The van der Waals surface area contributed by atoms with Gasteiger partial charge in [-0.2, -0.15) is 13.2 Å². The lowest BCUT2D eigenvalue weighted by Gasteiger charge is -2.06. The van der Waals surface area contributed by atoms with Crippen LogP contribution in [0.1, 0.15) is 16.2 Å². The maximum Gasteiger partial charge on any atom is 0.416 e. The lowest BCUT2D eigenvalue weighted by atomic mass is 10.2. The Hall–Kier alpha value is -3.30. The first-order chi connectivity index (χ1) is 11.4. The number of anilines is 1. The predicted octanol–water partition coefficient (Wildman–Crippen LogP) is 2.33. The van der Waals surface area contributed by atoms with Gasteiger partial charge in [0, 0.05) is 18.1 Å². The van der Waals surface area contributed by atoms with Crippen LogP contribution in [0.4, 0.5) is 18.9 Å². The first-order valence-electron chi connectivity index (χ1n) is 6.62. The zero-order chi connectivity index (χ0) is 17.2. The van der Waals surface area contributed by atoms with Crippen molar-refractivity contribution in [1.29, 1.82) is 0 Å². The minimum atomic E-state index is -4.43. The third-order valence-electron chi connectivity index (χ3n) is 2.98. The lowest BCUT2D eigenvalue weighted by Crippen LogP contribution is -2.14. The standard InChI is InChI=1S/C14H9F3N6O/c15-14(16,17)9-1-3-11(4-2-9)23-21-12(20-22-23)13(24)19-10-5-7-18-8-6-10/h1-8H,(H,18,19,24). The van der Waals surface area contributed by atoms with Crippen LogP contribution in [0, 0.1) is 0 Å². The molecule has 1 amide bonds. The molecule has 0 fully saturated rings. The zero-order valence-corrected chi connectivity index (χ0v) is 11.9. The Morgan fingerprint density at radius 2 is 1.71 bits per heavy atom. The van der Waals surface area contributed by atoms with Crippen LogP contribution in [0.25, 0.3) is 5.69 Å². The number of amides is 1. The molecular formula is C14H9F3N6O. The molecule has 3 rings (SSSR count). The Morgan fingerprint density at radius 1 is 1.04 bits per heavy atom. The molecule has 0 spiro atoms. The molecular weight excluding hydrogens is 325 g/mol. The molecule has 0 aliphatic rings. The number of alkyl halides is 3. The number of pyridine rings is 1. The van der Waals surface area contributed by atoms with Crippen molar-refractivity contribution in [2.45, 2.75) is 6.18 Å². The number of nitrogens with one attached hydrogen (secondary N) is 1. The summed E-state index contributed by atoms with van der Waals surface area (Å²) in [5.41, 5.74) is -0.0404. The Kier molecular flexibility index (Phi) is 3.94. The van der Waals surface area contributed by atoms with Crippen LogP contribution in [-0.2, 0) is 6.18 Å². The van der Waals surface area contributed by atoms with Gasteiger partial charge in [0.05, 0.1) is 11.3 Å². The summed E-state index contributed by atoms with van der Waals surface area (Å²) in [6.45, 7) is 0. The van der Waals surface area contributed by atoms with E-state index >= 15 is 0 Å². The quantitative estimate of drug-likeness (QED) is 0.794. The number of hydrogen-bond acceptors (Lipinski definition) is 5. The van der Waals surface area contributed by atoms with Gasteiger partial charge in [-0.25, -0.2) is 0 Å². The summed E-state index contributed by atoms with van der Waals surface area (Å²) >= 11 is 0. The molecule has 0 aliphatic heterocycles. The molecule has 0 radical (unpaired) electrons. The van der Waals surface area contributed by atoms with Gasteiger partial charge < -0.3 is 5.32 Å². The summed E-state index contributed by atoms with van der Waals surface area (Å²) in [6.07, 6.45) is -1.42. The summed E-state index contributed by atoms with van der Waals surface area (Å²) in [6, 6.07) is 7.34. The number of aromatic nitrogens is 5. The molecule has 10 heteroatoms. The fourth-order valence-electron chi connectivity index (χ4n) is 1.82. The maximum atomic E-state index is 12.5. The van der Waals surface area contributed by atoms with Crippen LogP contribution < -0.4 is 5.32 Å². The van der Waals surface area contributed by atoms with Crippen molar-refractivity contribution in [2.75, 3.05) is 5.32 Å². The van der Waals surface area contributed by atoms with Crippen LogP contribution in [0.3, 0.4) is 0 Å². The molecule has 3 aromatic rings. The molecule has 2 aromatic heterocycles. The average Bonchev–Trinajstić information content (AvgIpc) is 3.05. The van der Waals surface area contributed by atoms with E-state index in [0.29, 0.717) is 5.69 Å². The van der Waals surface area contributed by atoms with Gasteiger partial charge in [-0.05, 0) is 41.6 Å². The summed E-state index contributed by atoms with van der Waals surface area (Å²) in [5.74, 6) is -0.814. The van der Waals surface area contributed by atoms with Gasteiger partial charge in [-0.1, -0.05) is 0 Å². The van der Waals surface area contributed by atoms with Crippen molar-refractivity contribution < 1.29 is 18.0 Å². The Labute approximate surface area is 133 Å². The van der Waals surface area contributed by atoms with Gasteiger partial charge in [0.25, 0.3) is 11.7 Å². The summed E-state index contributed by atoms with van der Waals surface area (Å²) in [5, 5.41) is 13.7. The number of carbonyl (C=O) groups excluding carboxylic acids is 1. The normalized spacial score (nSPS) is 11.3. The highest BCUT2D eigenvalue weighted by atomic mass is 19.4. The average molecular weight is 334 g/mol. The van der Waals surface area contributed by atoms with Crippen LogP contribution in [0.2, 0.25) is 0 Å². The number of hydrogen-bond donors (Lipinski definition) is 1. The van der Waals surface area contributed by atoms with Crippen LogP contribution >= 0.6 is 0 Å². The molecule has 0 unspecified atom stereocenters. The molecule has 0 saturated heterocycles. The highest BCUT2D eigenvalue weighted by molar-refractivity contribution is 6.01. The molecule has 7 nitrogen and oxygen atoms in total. The Balaban J connectivity index is 1.77. The first-order valence-corrected chi connectivity index (χ1v) is 6.62. The molecule has 0 saturated carbocycles. The molecule has 0 aliphatic carbocycles. The number of halogens is 3. The van der Waals surface area contributed by atoms with E-state index in [1.54, 1.807) is 12.1 Å².